The second kappa shape index (κ2) is 50.5. The number of rotatable bonds is 49. The van der Waals surface area contributed by atoms with Crippen molar-refractivity contribution < 1.29 is 28.6 Å². The number of unbranched alkanes of at least 4 members (excludes halogenated alkanes) is 34. The zero-order chi connectivity index (χ0) is 44.4. The van der Waals surface area contributed by atoms with E-state index in [4.69, 9.17) is 14.2 Å². The summed E-state index contributed by atoms with van der Waals surface area (Å²) in [5.74, 6) is -0.906. The van der Waals surface area contributed by atoms with Gasteiger partial charge in [-0.1, -0.05) is 231 Å². The largest absolute Gasteiger partial charge is 0.462 e. The van der Waals surface area contributed by atoms with Crippen LogP contribution in [-0.2, 0) is 28.6 Å². The van der Waals surface area contributed by atoms with Crippen LogP contribution in [0.5, 0.6) is 0 Å². The molecule has 1 atom stereocenters. The molecule has 0 saturated heterocycles. The highest BCUT2D eigenvalue weighted by molar-refractivity contribution is 5.71. The van der Waals surface area contributed by atoms with E-state index in [-0.39, 0.29) is 31.1 Å². The highest BCUT2D eigenvalue weighted by Crippen LogP contribution is 2.16. The summed E-state index contributed by atoms with van der Waals surface area (Å²) in [6, 6.07) is 0. The van der Waals surface area contributed by atoms with Crippen LogP contribution in [0.25, 0.3) is 0 Å². The highest BCUT2D eigenvalue weighted by atomic mass is 16.6. The zero-order valence-electron chi connectivity index (χ0n) is 40.9. The first-order valence-electron chi connectivity index (χ1n) is 26.8. The fourth-order valence-electron chi connectivity index (χ4n) is 7.85. The highest BCUT2D eigenvalue weighted by Gasteiger charge is 2.19. The van der Waals surface area contributed by atoms with Gasteiger partial charge in [0.2, 0.25) is 0 Å². The average molecular weight is 859 g/mol. The minimum atomic E-state index is -0.779. The van der Waals surface area contributed by atoms with Crippen LogP contribution in [0.3, 0.4) is 0 Å². The fraction of sp³-hybridized carbons (Fsp3) is 0.873. The Hall–Kier alpha value is -2.11. The minimum Gasteiger partial charge on any atom is -0.462 e. The van der Waals surface area contributed by atoms with Crippen molar-refractivity contribution in [3.05, 3.63) is 24.3 Å². The number of hydrogen-bond donors (Lipinski definition) is 0. The first-order valence-corrected chi connectivity index (χ1v) is 26.8. The minimum absolute atomic E-state index is 0.0776. The Balaban J connectivity index is 4.26. The van der Waals surface area contributed by atoms with Crippen LogP contribution < -0.4 is 0 Å². The van der Waals surface area contributed by atoms with Crippen molar-refractivity contribution in [3.63, 3.8) is 0 Å². The Labute approximate surface area is 379 Å². The van der Waals surface area contributed by atoms with E-state index in [1.54, 1.807) is 0 Å². The molecule has 0 aromatic heterocycles. The van der Waals surface area contributed by atoms with E-state index >= 15 is 0 Å². The molecule has 0 rings (SSSR count). The average Bonchev–Trinajstić information content (AvgIpc) is 3.26. The molecular weight excluding hydrogens is 757 g/mol. The molecule has 0 fully saturated rings. The van der Waals surface area contributed by atoms with Crippen molar-refractivity contribution in [2.45, 2.75) is 297 Å². The molecular formula is C55H102O6. The summed E-state index contributed by atoms with van der Waals surface area (Å²) in [6.07, 6.45) is 57.5. The van der Waals surface area contributed by atoms with Crippen LogP contribution in [0.15, 0.2) is 24.3 Å². The van der Waals surface area contributed by atoms with Crippen LogP contribution in [0.2, 0.25) is 0 Å². The van der Waals surface area contributed by atoms with Gasteiger partial charge in [0.05, 0.1) is 0 Å². The number of hydrogen-bond acceptors (Lipinski definition) is 6. The lowest BCUT2D eigenvalue weighted by atomic mass is 10.0. The third kappa shape index (κ3) is 48.8. The number of carbonyl (C=O) groups excluding carboxylic acids is 3. The SMILES string of the molecule is CCCCCC/C=C\CCCCCCCCCC(=O)OC(COC(=O)CCC/C=C\CCCCCC)COC(=O)CCCCCCCCCCCCCCCCCCCCC. The Morgan fingerprint density at radius 2 is 0.557 bits per heavy atom. The van der Waals surface area contributed by atoms with E-state index in [2.05, 4.69) is 45.1 Å². The molecule has 0 bridgehead atoms. The van der Waals surface area contributed by atoms with E-state index in [9.17, 15) is 14.4 Å². The first-order chi connectivity index (χ1) is 30.0. The van der Waals surface area contributed by atoms with Gasteiger partial charge in [-0.3, -0.25) is 14.4 Å². The summed E-state index contributed by atoms with van der Waals surface area (Å²) in [6.45, 7) is 6.60. The molecule has 0 heterocycles. The molecule has 0 radical (unpaired) electrons. The maximum absolute atomic E-state index is 12.8. The summed E-state index contributed by atoms with van der Waals surface area (Å²) in [7, 11) is 0. The normalized spacial score (nSPS) is 12.1. The van der Waals surface area contributed by atoms with Crippen LogP contribution in [0, 0.1) is 0 Å². The molecule has 0 saturated carbocycles. The molecule has 0 aliphatic heterocycles. The number of allylic oxidation sites excluding steroid dienone is 4. The molecule has 6 heteroatoms. The van der Waals surface area contributed by atoms with E-state index in [0.29, 0.717) is 19.3 Å². The molecule has 1 unspecified atom stereocenters. The van der Waals surface area contributed by atoms with Crippen LogP contribution in [0.1, 0.15) is 290 Å². The molecule has 0 amide bonds. The van der Waals surface area contributed by atoms with Crippen molar-refractivity contribution in [3.8, 4) is 0 Å². The van der Waals surface area contributed by atoms with Crippen LogP contribution in [-0.4, -0.2) is 37.2 Å². The molecule has 0 aromatic rings. The lowest BCUT2D eigenvalue weighted by Crippen LogP contribution is -2.30. The third-order valence-electron chi connectivity index (χ3n) is 11.9. The monoisotopic (exact) mass is 859 g/mol. The Morgan fingerprint density at radius 3 is 0.902 bits per heavy atom. The van der Waals surface area contributed by atoms with Gasteiger partial charge in [-0.05, 0) is 64.2 Å². The summed E-state index contributed by atoms with van der Waals surface area (Å²) in [4.78, 5) is 37.9. The summed E-state index contributed by atoms with van der Waals surface area (Å²) >= 11 is 0. The van der Waals surface area contributed by atoms with Gasteiger partial charge >= 0.3 is 17.9 Å². The summed E-state index contributed by atoms with van der Waals surface area (Å²) in [5, 5.41) is 0. The summed E-state index contributed by atoms with van der Waals surface area (Å²) in [5.41, 5.74) is 0. The van der Waals surface area contributed by atoms with Gasteiger partial charge in [-0.15, -0.1) is 0 Å². The standard InChI is InChI=1S/C55H102O6/c1-4-7-10-13-16-19-21-23-25-26-27-28-30-31-33-36-39-42-45-48-54(57)60-51-52(50-59-53(56)47-44-41-38-35-18-15-12-9-6-3)61-55(58)49-46-43-40-37-34-32-29-24-22-20-17-14-11-8-5-2/h20,22,35,38,52H,4-19,21,23-34,36-37,39-51H2,1-3H3/b22-20-,38-35-. The Morgan fingerprint density at radius 1 is 0.311 bits per heavy atom. The van der Waals surface area contributed by atoms with Gasteiger partial charge in [0.1, 0.15) is 13.2 Å². The van der Waals surface area contributed by atoms with Crippen molar-refractivity contribution >= 4 is 17.9 Å². The van der Waals surface area contributed by atoms with E-state index in [0.717, 1.165) is 57.8 Å². The van der Waals surface area contributed by atoms with Gasteiger partial charge in [0.15, 0.2) is 6.10 Å². The van der Waals surface area contributed by atoms with E-state index in [1.165, 1.54) is 193 Å². The lowest BCUT2D eigenvalue weighted by Gasteiger charge is -2.18. The Bertz CT molecular complexity index is 989. The van der Waals surface area contributed by atoms with Crippen molar-refractivity contribution in [2.75, 3.05) is 13.2 Å². The van der Waals surface area contributed by atoms with Crippen molar-refractivity contribution in [2.24, 2.45) is 0 Å². The van der Waals surface area contributed by atoms with E-state index in [1.807, 2.05) is 0 Å². The molecule has 0 spiro atoms. The second-order valence-electron chi connectivity index (χ2n) is 18.1. The molecule has 0 aromatic carbocycles. The maximum Gasteiger partial charge on any atom is 0.306 e. The number of esters is 3. The quantitative estimate of drug-likeness (QED) is 0.0262. The van der Waals surface area contributed by atoms with Gasteiger partial charge in [0, 0.05) is 19.3 Å². The zero-order valence-corrected chi connectivity index (χ0v) is 40.9. The summed E-state index contributed by atoms with van der Waals surface area (Å²) < 4.78 is 16.8. The van der Waals surface area contributed by atoms with Gasteiger partial charge in [-0.25, -0.2) is 0 Å². The molecule has 6 nitrogen and oxygen atoms in total. The van der Waals surface area contributed by atoms with E-state index < -0.39 is 6.10 Å². The van der Waals surface area contributed by atoms with Crippen molar-refractivity contribution in [1.82, 2.24) is 0 Å². The smallest absolute Gasteiger partial charge is 0.306 e. The predicted molar refractivity (Wildman–Crippen MR) is 261 cm³/mol. The third-order valence-corrected chi connectivity index (χ3v) is 11.9. The number of ether oxygens (including phenoxy) is 3. The topological polar surface area (TPSA) is 78.9 Å². The Kier molecular flexibility index (Phi) is 48.8. The molecule has 61 heavy (non-hydrogen) atoms. The molecule has 358 valence electrons. The van der Waals surface area contributed by atoms with Crippen molar-refractivity contribution in [1.29, 1.82) is 0 Å². The number of carbonyl (C=O) groups is 3. The maximum atomic E-state index is 12.8. The first kappa shape index (κ1) is 58.9. The molecule has 0 N–H and O–H groups in total. The van der Waals surface area contributed by atoms with Crippen LogP contribution in [0.4, 0.5) is 0 Å². The van der Waals surface area contributed by atoms with Gasteiger partial charge in [0.25, 0.3) is 0 Å². The lowest BCUT2D eigenvalue weighted by molar-refractivity contribution is -0.167. The second-order valence-corrected chi connectivity index (χ2v) is 18.1. The van der Waals surface area contributed by atoms with Crippen LogP contribution >= 0.6 is 0 Å². The fourth-order valence-corrected chi connectivity index (χ4v) is 7.85. The molecule has 0 aliphatic rings. The molecule has 0 aliphatic carbocycles. The van der Waals surface area contributed by atoms with Gasteiger partial charge < -0.3 is 14.2 Å². The van der Waals surface area contributed by atoms with Gasteiger partial charge in [-0.2, -0.15) is 0 Å². The predicted octanol–water partition coefficient (Wildman–Crippen LogP) is 17.5.